The first-order valence-electron chi connectivity index (χ1n) is 9.93. The Morgan fingerprint density at radius 1 is 1.03 bits per heavy atom. The van der Waals surface area contributed by atoms with Crippen LogP contribution in [0.3, 0.4) is 0 Å². The number of amides is 2. The SMILES string of the molecule is CCOC(=O)c1ccc(NC(=O)[C@H]2CC(=O)N(c3cccc4ccccc34)C2)cc1. The molecule has 4 rings (SSSR count). The van der Waals surface area contributed by atoms with Crippen LogP contribution in [0.15, 0.2) is 66.7 Å². The summed E-state index contributed by atoms with van der Waals surface area (Å²) in [5, 5.41) is 4.88. The molecular weight excluding hydrogens is 380 g/mol. The Morgan fingerprint density at radius 2 is 1.77 bits per heavy atom. The third kappa shape index (κ3) is 3.89. The highest BCUT2D eigenvalue weighted by Crippen LogP contribution is 2.32. The number of hydrogen-bond donors (Lipinski definition) is 1. The van der Waals surface area contributed by atoms with Gasteiger partial charge in [-0.25, -0.2) is 4.79 Å². The second kappa shape index (κ2) is 8.37. The fourth-order valence-corrected chi connectivity index (χ4v) is 3.71. The molecule has 1 aliphatic rings. The molecule has 1 atom stereocenters. The van der Waals surface area contributed by atoms with Gasteiger partial charge in [0.1, 0.15) is 0 Å². The fraction of sp³-hybridized carbons (Fsp3) is 0.208. The maximum absolute atomic E-state index is 12.7. The van der Waals surface area contributed by atoms with Gasteiger partial charge in [0, 0.05) is 24.0 Å². The second-order valence-corrected chi connectivity index (χ2v) is 7.19. The van der Waals surface area contributed by atoms with Crippen LogP contribution in [0, 0.1) is 5.92 Å². The Kier molecular flexibility index (Phi) is 5.48. The average molecular weight is 402 g/mol. The number of fused-ring (bicyclic) bond motifs is 1. The van der Waals surface area contributed by atoms with Gasteiger partial charge in [0.25, 0.3) is 0 Å². The number of carbonyl (C=O) groups is 3. The van der Waals surface area contributed by atoms with E-state index in [0.717, 1.165) is 16.5 Å². The number of ether oxygens (including phenoxy) is 1. The van der Waals surface area contributed by atoms with Crippen molar-refractivity contribution in [1.82, 2.24) is 0 Å². The van der Waals surface area contributed by atoms with Gasteiger partial charge in [0.2, 0.25) is 11.8 Å². The van der Waals surface area contributed by atoms with E-state index in [9.17, 15) is 14.4 Å². The topological polar surface area (TPSA) is 75.7 Å². The summed E-state index contributed by atoms with van der Waals surface area (Å²) < 4.78 is 4.96. The molecule has 0 bridgehead atoms. The van der Waals surface area contributed by atoms with Crippen LogP contribution < -0.4 is 10.2 Å². The lowest BCUT2D eigenvalue weighted by Gasteiger charge is -2.19. The molecule has 0 aliphatic carbocycles. The lowest BCUT2D eigenvalue weighted by atomic mass is 10.1. The summed E-state index contributed by atoms with van der Waals surface area (Å²) in [6.45, 7) is 2.39. The van der Waals surface area contributed by atoms with Gasteiger partial charge in [-0.05, 0) is 42.6 Å². The van der Waals surface area contributed by atoms with Crippen LogP contribution in [0.25, 0.3) is 10.8 Å². The van der Waals surface area contributed by atoms with Crippen LogP contribution in [0.4, 0.5) is 11.4 Å². The van der Waals surface area contributed by atoms with Crippen LogP contribution >= 0.6 is 0 Å². The van der Waals surface area contributed by atoms with Crippen molar-refractivity contribution in [3.8, 4) is 0 Å². The Balaban J connectivity index is 1.46. The molecule has 6 nitrogen and oxygen atoms in total. The first-order valence-corrected chi connectivity index (χ1v) is 9.93. The summed E-state index contributed by atoms with van der Waals surface area (Å²) in [6.07, 6.45) is 0.163. The zero-order chi connectivity index (χ0) is 21.1. The Labute approximate surface area is 174 Å². The number of benzene rings is 3. The monoisotopic (exact) mass is 402 g/mol. The molecular formula is C24H22N2O4. The maximum atomic E-state index is 12.7. The van der Waals surface area contributed by atoms with Crippen LogP contribution in [0.1, 0.15) is 23.7 Å². The molecule has 0 unspecified atom stereocenters. The van der Waals surface area contributed by atoms with Gasteiger partial charge < -0.3 is 15.0 Å². The molecule has 0 radical (unpaired) electrons. The predicted octanol–water partition coefficient (Wildman–Crippen LogP) is 4.01. The summed E-state index contributed by atoms with van der Waals surface area (Å²) in [5.41, 5.74) is 1.82. The summed E-state index contributed by atoms with van der Waals surface area (Å²) in [5.74, 6) is -1.12. The molecule has 6 heteroatoms. The number of anilines is 2. The number of hydrogen-bond acceptors (Lipinski definition) is 4. The average Bonchev–Trinajstić information content (AvgIpc) is 3.15. The van der Waals surface area contributed by atoms with Crippen molar-refractivity contribution in [3.05, 3.63) is 72.3 Å². The van der Waals surface area contributed by atoms with E-state index in [1.165, 1.54) is 0 Å². The van der Waals surface area contributed by atoms with E-state index in [1.54, 1.807) is 36.1 Å². The van der Waals surface area contributed by atoms with Crippen molar-refractivity contribution >= 4 is 39.9 Å². The normalized spacial score (nSPS) is 16.0. The molecule has 3 aromatic rings. The van der Waals surface area contributed by atoms with Crippen molar-refractivity contribution in [2.75, 3.05) is 23.4 Å². The molecule has 2 amide bonds. The zero-order valence-electron chi connectivity index (χ0n) is 16.6. The highest BCUT2D eigenvalue weighted by atomic mass is 16.5. The first-order chi connectivity index (χ1) is 14.6. The van der Waals surface area contributed by atoms with E-state index in [-0.39, 0.29) is 18.2 Å². The molecule has 1 fully saturated rings. The number of nitrogens with one attached hydrogen (secondary N) is 1. The van der Waals surface area contributed by atoms with E-state index < -0.39 is 11.9 Å². The van der Waals surface area contributed by atoms with Crippen molar-refractivity contribution in [2.24, 2.45) is 5.92 Å². The lowest BCUT2D eigenvalue weighted by Crippen LogP contribution is -2.28. The van der Waals surface area contributed by atoms with Gasteiger partial charge in [-0.15, -0.1) is 0 Å². The third-order valence-corrected chi connectivity index (χ3v) is 5.22. The Bertz CT molecular complexity index is 1100. The molecule has 0 aromatic heterocycles. The molecule has 1 N–H and O–H groups in total. The van der Waals surface area contributed by atoms with Gasteiger partial charge in [0.05, 0.1) is 23.8 Å². The molecule has 152 valence electrons. The quantitative estimate of drug-likeness (QED) is 0.655. The first kappa shape index (κ1) is 19.6. The molecule has 1 heterocycles. The Morgan fingerprint density at radius 3 is 2.53 bits per heavy atom. The highest BCUT2D eigenvalue weighted by Gasteiger charge is 2.35. The minimum Gasteiger partial charge on any atom is -0.462 e. The molecule has 0 saturated carbocycles. The van der Waals surface area contributed by atoms with E-state index in [0.29, 0.717) is 24.4 Å². The van der Waals surface area contributed by atoms with Crippen molar-refractivity contribution in [3.63, 3.8) is 0 Å². The largest absolute Gasteiger partial charge is 0.462 e. The summed E-state index contributed by atoms with van der Waals surface area (Å²) >= 11 is 0. The standard InChI is InChI=1S/C24H22N2O4/c1-2-30-24(29)17-10-12-19(13-11-17)25-23(28)18-14-22(27)26(15-18)21-9-5-7-16-6-3-4-8-20(16)21/h3-13,18H,2,14-15H2,1H3,(H,25,28)/t18-/m0/s1. The number of rotatable bonds is 5. The minimum atomic E-state index is -0.443. The Hall–Kier alpha value is -3.67. The van der Waals surface area contributed by atoms with Crippen LogP contribution in [-0.4, -0.2) is 30.9 Å². The summed E-state index contributed by atoms with van der Waals surface area (Å²) in [6, 6.07) is 20.2. The maximum Gasteiger partial charge on any atom is 0.338 e. The van der Waals surface area contributed by atoms with Gasteiger partial charge >= 0.3 is 5.97 Å². The van der Waals surface area contributed by atoms with Gasteiger partial charge in [0.15, 0.2) is 0 Å². The van der Waals surface area contributed by atoms with E-state index in [2.05, 4.69) is 5.32 Å². The van der Waals surface area contributed by atoms with E-state index >= 15 is 0 Å². The second-order valence-electron chi connectivity index (χ2n) is 7.19. The number of carbonyl (C=O) groups excluding carboxylic acids is 3. The van der Waals surface area contributed by atoms with Gasteiger partial charge in [-0.2, -0.15) is 0 Å². The highest BCUT2D eigenvalue weighted by molar-refractivity contribution is 6.08. The van der Waals surface area contributed by atoms with Crippen molar-refractivity contribution in [2.45, 2.75) is 13.3 Å². The van der Waals surface area contributed by atoms with Crippen LogP contribution in [0.2, 0.25) is 0 Å². The van der Waals surface area contributed by atoms with Gasteiger partial charge in [-0.3, -0.25) is 9.59 Å². The molecule has 30 heavy (non-hydrogen) atoms. The van der Waals surface area contributed by atoms with Gasteiger partial charge in [-0.1, -0.05) is 36.4 Å². The smallest absolute Gasteiger partial charge is 0.338 e. The number of nitrogens with zero attached hydrogens (tertiary/aromatic N) is 1. The summed E-state index contributed by atoms with van der Waals surface area (Å²) in [7, 11) is 0. The molecule has 1 saturated heterocycles. The minimum absolute atomic E-state index is 0.0656. The lowest BCUT2D eigenvalue weighted by molar-refractivity contribution is -0.122. The zero-order valence-corrected chi connectivity index (χ0v) is 16.6. The van der Waals surface area contributed by atoms with E-state index in [4.69, 9.17) is 4.74 Å². The van der Waals surface area contributed by atoms with Crippen LogP contribution in [-0.2, 0) is 14.3 Å². The fourth-order valence-electron chi connectivity index (χ4n) is 3.71. The summed E-state index contributed by atoms with van der Waals surface area (Å²) in [4.78, 5) is 38.8. The predicted molar refractivity (Wildman–Crippen MR) is 115 cm³/mol. The molecule has 0 spiro atoms. The van der Waals surface area contributed by atoms with Crippen molar-refractivity contribution in [1.29, 1.82) is 0 Å². The molecule has 3 aromatic carbocycles. The third-order valence-electron chi connectivity index (χ3n) is 5.22. The molecule has 1 aliphatic heterocycles. The van der Waals surface area contributed by atoms with Crippen molar-refractivity contribution < 1.29 is 19.1 Å². The van der Waals surface area contributed by atoms with E-state index in [1.807, 2.05) is 42.5 Å². The van der Waals surface area contributed by atoms with Crippen LogP contribution in [0.5, 0.6) is 0 Å². The number of esters is 1.